The lowest BCUT2D eigenvalue weighted by molar-refractivity contribution is -0.141. The molecule has 0 N–H and O–H groups in total. The van der Waals surface area contributed by atoms with Crippen LogP contribution in [0.3, 0.4) is 0 Å². The number of ether oxygens (including phenoxy) is 1. The monoisotopic (exact) mass is 202 g/mol. The SMILES string of the molecule is COC(=O)C[C@@H]1C[C@H]1CSC(C)=O. The van der Waals surface area contributed by atoms with E-state index >= 15 is 0 Å². The maximum absolute atomic E-state index is 10.8. The molecule has 0 aliphatic heterocycles. The van der Waals surface area contributed by atoms with Crippen LogP contribution in [-0.2, 0) is 14.3 Å². The maximum atomic E-state index is 10.8. The minimum Gasteiger partial charge on any atom is -0.469 e. The molecular weight excluding hydrogens is 188 g/mol. The van der Waals surface area contributed by atoms with Crippen molar-refractivity contribution in [3.63, 3.8) is 0 Å². The summed E-state index contributed by atoms with van der Waals surface area (Å²) in [7, 11) is 1.41. The summed E-state index contributed by atoms with van der Waals surface area (Å²) in [4.78, 5) is 21.5. The van der Waals surface area contributed by atoms with Crippen molar-refractivity contribution in [2.24, 2.45) is 11.8 Å². The molecule has 1 fully saturated rings. The molecule has 0 unspecified atom stereocenters. The van der Waals surface area contributed by atoms with Crippen molar-refractivity contribution >= 4 is 22.8 Å². The van der Waals surface area contributed by atoms with Crippen LogP contribution in [0.4, 0.5) is 0 Å². The number of esters is 1. The summed E-state index contributed by atoms with van der Waals surface area (Å²) < 4.78 is 4.56. The third-order valence-corrected chi connectivity index (χ3v) is 3.23. The van der Waals surface area contributed by atoms with Crippen LogP contribution in [0.5, 0.6) is 0 Å². The smallest absolute Gasteiger partial charge is 0.305 e. The van der Waals surface area contributed by atoms with Gasteiger partial charge in [-0.25, -0.2) is 0 Å². The molecule has 0 spiro atoms. The quantitative estimate of drug-likeness (QED) is 0.647. The van der Waals surface area contributed by atoms with Crippen molar-refractivity contribution in [3.8, 4) is 0 Å². The van der Waals surface area contributed by atoms with Crippen molar-refractivity contribution in [1.29, 1.82) is 0 Å². The molecule has 4 heteroatoms. The van der Waals surface area contributed by atoms with Gasteiger partial charge in [0.05, 0.1) is 7.11 Å². The summed E-state index contributed by atoms with van der Waals surface area (Å²) in [5.41, 5.74) is 0. The molecule has 0 radical (unpaired) electrons. The van der Waals surface area contributed by atoms with Crippen LogP contribution in [0.25, 0.3) is 0 Å². The van der Waals surface area contributed by atoms with Crippen LogP contribution in [0.15, 0.2) is 0 Å². The highest BCUT2D eigenvalue weighted by molar-refractivity contribution is 8.13. The number of hydrogen-bond acceptors (Lipinski definition) is 4. The highest BCUT2D eigenvalue weighted by atomic mass is 32.2. The van der Waals surface area contributed by atoms with Gasteiger partial charge in [0, 0.05) is 19.1 Å². The summed E-state index contributed by atoms with van der Waals surface area (Å²) in [6, 6.07) is 0. The Morgan fingerprint density at radius 3 is 2.69 bits per heavy atom. The summed E-state index contributed by atoms with van der Waals surface area (Å²) in [5.74, 6) is 1.73. The van der Waals surface area contributed by atoms with E-state index in [-0.39, 0.29) is 11.1 Å². The van der Waals surface area contributed by atoms with E-state index in [0.717, 1.165) is 12.2 Å². The molecule has 0 bridgehead atoms. The van der Waals surface area contributed by atoms with Crippen LogP contribution in [0.2, 0.25) is 0 Å². The van der Waals surface area contributed by atoms with E-state index < -0.39 is 0 Å². The Balaban J connectivity index is 2.09. The number of carbonyl (C=O) groups excluding carboxylic acids is 2. The Morgan fingerprint density at radius 1 is 1.46 bits per heavy atom. The van der Waals surface area contributed by atoms with Crippen LogP contribution in [0.1, 0.15) is 19.8 Å². The number of methoxy groups -OCH3 is 1. The van der Waals surface area contributed by atoms with E-state index in [0.29, 0.717) is 18.3 Å². The average Bonchev–Trinajstić information content (AvgIpc) is 2.80. The van der Waals surface area contributed by atoms with Gasteiger partial charge < -0.3 is 4.74 Å². The van der Waals surface area contributed by atoms with Gasteiger partial charge in [0.25, 0.3) is 0 Å². The molecular formula is C9H14O3S. The molecule has 1 aliphatic rings. The lowest BCUT2D eigenvalue weighted by Crippen LogP contribution is -2.02. The highest BCUT2D eigenvalue weighted by Crippen LogP contribution is 2.43. The minimum atomic E-state index is -0.139. The van der Waals surface area contributed by atoms with Crippen molar-refractivity contribution in [3.05, 3.63) is 0 Å². The topological polar surface area (TPSA) is 43.4 Å². The molecule has 2 atom stereocenters. The second-order valence-electron chi connectivity index (χ2n) is 3.34. The Hall–Kier alpha value is -0.510. The molecule has 0 aromatic rings. The standard InChI is InChI=1S/C9H14O3S/c1-6(10)13-5-8-3-7(8)4-9(11)12-2/h7-8H,3-5H2,1-2H3/t7-,8-/m0/s1. The third-order valence-electron chi connectivity index (χ3n) is 2.23. The van der Waals surface area contributed by atoms with Crippen LogP contribution in [0, 0.1) is 11.8 Å². The fourth-order valence-electron chi connectivity index (χ4n) is 1.29. The molecule has 0 aromatic carbocycles. The largest absolute Gasteiger partial charge is 0.469 e. The van der Waals surface area contributed by atoms with E-state index in [1.165, 1.54) is 18.9 Å². The highest BCUT2D eigenvalue weighted by Gasteiger charge is 2.38. The Labute approximate surface area is 82.2 Å². The Bertz CT molecular complexity index is 215. The van der Waals surface area contributed by atoms with Gasteiger partial charge in [-0.2, -0.15) is 0 Å². The van der Waals surface area contributed by atoms with Gasteiger partial charge in [-0.05, 0) is 18.3 Å². The van der Waals surface area contributed by atoms with Gasteiger partial charge >= 0.3 is 5.97 Å². The first-order valence-electron chi connectivity index (χ1n) is 4.33. The first kappa shape index (κ1) is 10.6. The lowest BCUT2D eigenvalue weighted by atomic mass is 10.2. The normalized spacial score (nSPS) is 25.4. The summed E-state index contributed by atoms with van der Waals surface area (Å²) in [6.07, 6.45) is 1.58. The molecule has 0 aromatic heterocycles. The molecule has 1 rings (SSSR count). The van der Waals surface area contributed by atoms with E-state index in [2.05, 4.69) is 4.74 Å². The Morgan fingerprint density at radius 2 is 2.15 bits per heavy atom. The zero-order chi connectivity index (χ0) is 9.84. The van der Waals surface area contributed by atoms with Crippen LogP contribution >= 0.6 is 11.8 Å². The van der Waals surface area contributed by atoms with Gasteiger partial charge in [0.2, 0.25) is 0 Å². The number of carbonyl (C=O) groups is 2. The summed E-state index contributed by atoms with van der Waals surface area (Å²) in [6.45, 7) is 1.57. The maximum Gasteiger partial charge on any atom is 0.305 e. The van der Waals surface area contributed by atoms with E-state index in [9.17, 15) is 9.59 Å². The van der Waals surface area contributed by atoms with Gasteiger partial charge in [-0.3, -0.25) is 9.59 Å². The van der Waals surface area contributed by atoms with Crippen LogP contribution in [-0.4, -0.2) is 23.9 Å². The van der Waals surface area contributed by atoms with E-state index in [4.69, 9.17) is 0 Å². The van der Waals surface area contributed by atoms with Crippen molar-refractivity contribution in [1.82, 2.24) is 0 Å². The lowest BCUT2D eigenvalue weighted by Gasteiger charge is -1.97. The van der Waals surface area contributed by atoms with Gasteiger partial charge in [-0.15, -0.1) is 0 Å². The Kier molecular flexibility index (Phi) is 3.78. The van der Waals surface area contributed by atoms with Crippen molar-refractivity contribution < 1.29 is 14.3 Å². The first-order valence-corrected chi connectivity index (χ1v) is 5.32. The van der Waals surface area contributed by atoms with Gasteiger partial charge in [-0.1, -0.05) is 11.8 Å². The van der Waals surface area contributed by atoms with Crippen LogP contribution < -0.4 is 0 Å². The molecule has 0 heterocycles. The molecule has 0 amide bonds. The second-order valence-corrected chi connectivity index (χ2v) is 4.54. The first-order chi connectivity index (χ1) is 6.13. The molecule has 1 saturated carbocycles. The minimum absolute atomic E-state index is 0.139. The van der Waals surface area contributed by atoms with E-state index in [1.54, 1.807) is 6.92 Å². The zero-order valence-electron chi connectivity index (χ0n) is 7.91. The summed E-state index contributed by atoms with van der Waals surface area (Å²) in [5, 5.41) is 0.156. The number of thioether (sulfide) groups is 1. The molecule has 3 nitrogen and oxygen atoms in total. The summed E-state index contributed by atoms with van der Waals surface area (Å²) >= 11 is 1.35. The zero-order valence-corrected chi connectivity index (χ0v) is 8.73. The number of hydrogen-bond donors (Lipinski definition) is 0. The fourth-order valence-corrected chi connectivity index (χ4v) is 2.14. The number of rotatable bonds is 4. The van der Waals surface area contributed by atoms with Crippen molar-refractivity contribution in [2.75, 3.05) is 12.9 Å². The molecule has 1 aliphatic carbocycles. The molecule has 74 valence electrons. The van der Waals surface area contributed by atoms with Crippen molar-refractivity contribution in [2.45, 2.75) is 19.8 Å². The van der Waals surface area contributed by atoms with E-state index in [1.807, 2.05) is 0 Å². The van der Waals surface area contributed by atoms with Gasteiger partial charge in [0.1, 0.15) is 0 Å². The molecule has 13 heavy (non-hydrogen) atoms. The predicted octanol–water partition coefficient (Wildman–Crippen LogP) is 1.47. The average molecular weight is 202 g/mol. The van der Waals surface area contributed by atoms with Gasteiger partial charge in [0.15, 0.2) is 5.12 Å². The second kappa shape index (κ2) is 4.65. The molecule has 0 saturated heterocycles. The fraction of sp³-hybridized carbons (Fsp3) is 0.778. The predicted molar refractivity (Wildman–Crippen MR) is 51.4 cm³/mol. The third kappa shape index (κ3) is 3.81.